The molecule has 3 aliphatic rings. The van der Waals surface area contributed by atoms with E-state index in [9.17, 15) is 9.59 Å². The highest BCUT2D eigenvalue weighted by Gasteiger charge is 2.48. The van der Waals surface area contributed by atoms with E-state index in [2.05, 4.69) is 47.4 Å². The van der Waals surface area contributed by atoms with Crippen LogP contribution < -0.4 is 0 Å². The van der Waals surface area contributed by atoms with Crippen LogP contribution in [0.4, 0.5) is 0 Å². The number of fused-ring (bicyclic) bond motifs is 4. The number of benzene rings is 2. The van der Waals surface area contributed by atoms with Crippen LogP contribution in [0.25, 0.3) is 10.9 Å². The first-order valence-corrected chi connectivity index (χ1v) is 12.5. The van der Waals surface area contributed by atoms with Gasteiger partial charge in [0.1, 0.15) is 12.6 Å². The third kappa shape index (κ3) is 3.54. The lowest BCUT2D eigenvalue weighted by Gasteiger charge is -2.49. The summed E-state index contributed by atoms with van der Waals surface area (Å²) in [7, 11) is 0. The van der Waals surface area contributed by atoms with Crippen LogP contribution in [0.15, 0.2) is 54.6 Å². The first-order valence-electron chi connectivity index (χ1n) is 12.5. The lowest BCUT2D eigenvalue weighted by Crippen LogP contribution is -2.64. The zero-order chi connectivity index (χ0) is 22.4. The fourth-order valence-corrected chi connectivity index (χ4v) is 6.36. The molecule has 5 heteroatoms. The van der Waals surface area contributed by atoms with Crippen molar-refractivity contribution in [3.63, 3.8) is 0 Å². The van der Waals surface area contributed by atoms with Gasteiger partial charge in [-0.25, -0.2) is 0 Å². The van der Waals surface area contributed by atoms with E-state index in [1.807, 2.05) is 21.9 Å². The minimum Gasteiger partial charge on any atom is -0.356 e. The molecule has 2 amide bonds. The Morgan fingerprint density at radius 2 is 1.67 bits per heavy atom. The molecule has 2 aliphatic heterocycles. The molecule has 1 saturated heterocycles. The van der Waals surface area contributed by atoms with E-state index in [4.69, 9.17) is 0 Å². The molecule has 2 fully saturated rings. The molecule has 2 aromatic carbocycles. The zero-order valence-corrected chi connectivity index (χ0v) is 19.0. The summed E-state index contributed by atoms with van der Waals surface area (Å²) in [6.07, 6.45) is 7.90. The summed E-state index contributed by atoms with van der Waals surface area (Å²) in [6.45, 7) is 0.234. The number of carbonyl (C=O) groups is 2. The van der Waals surface area contributed by atoms with E-state index in [0.29, 0.717) is 6.42 Å². The van der Waals surface area contributed by atoms with Crippen molar-refractivity contribution >= 4 is 22.7 Å². The third-order valence-corrected chi connectivity index (χ3v) is 7.98. The van der Waals surface area contributed by atoms with Crippen LogP contribution >= 0.6 is 0 Å². The molecule has 1 aliphatic carbocycles. The van der Waals surface area contributed by atoms with Crippen molar-refractivity contribution in [2.45, 2.75) is 69.5 Å². The number of amides is 2. The Hall–Kier alpha value is -3.08. The first-order chi connectivity index (χ1) is 16.2. The molecular formula is C28H31N3O2. The minimum absolute atomic E-state index is 0.101. The number of rotatable bonds is 4. The molecule has 1 aromatic heterocycles. The number of H-pyrrole nitrogens is 1. The van der Waals surface area contributed by atoms with Crippen molar-refractivity contribution in [2.24, 2.45) is 0 Å². The highest BCUT2D eigenvalue weighted by Crippen LogP contribution is 2.42. The van der Waals surface area contributed by atoms with E-state index < -0.39 is 0 Å². The summed E-state index contributed by atoms with van der Waals surface area (Å²) < 4.78 is 0. The van der Waals surface area contributed by atoms with Gasteiger partial charge < -0.3 is 14.8 Å². The van der Waals surface area contributed by atoms with Gasteiger partial charge in [-0.2, -0.15) is 0 Å². The largest absolute Gasteiger partial charge is 0.356 e. The number of aromatic amines is 1. The molecule has 0 radical (unpaired) electrons. The Morgan fingerprint density at radius 1 is 0.909 bits per heavy atom. The Bertz CT molecular complexity index is 1180. The Kier molecular flexibility index (Phi) is 5.20. The normalized spacial score (nSPS) is 23.6. The molecule has 0 bridgehead atoms. The van der Waals surface area contributed by atoms with Crippen LogP contribution in [0.1, 0.15) is 61.4 Å². The topological polar surface area (TPSA) is 56.4 Å². The van der Waals surface area contributed by atoms with E-state index in [-0.39, 0.29) is 36.5 Å². The molecule has 2 atom stereocenters. The van der Waals surface area contributed by atoms with Crippen molar-refractivity contribution in [3.8, 4) is 0 Å². The van der Waals surface area contributed by atoms with Gasteiger partial charge in [0.2, 0.25) is 11.8 Å². The summed E-state index contributed by atoms with van der Waals surface area (Å²) in [5, 5.41) is 1.19. The standard InChI is InChI=1S/C28H31N3O2/c32-26-18-30(20-11-5-2-6-12-20)28(33)25-17-22-21-13-7-8-14-23(21)29-27(22)24(31(25)26)16-15-19-9-3-1-4-10-19/h1,3-4,7-10,13-14,20,24-25,29H,2,5-6,11-12,15-18H2. The number of hydrogen-bond donors (Lipinski definition) is 1. The Morgan fingerprint density at radius 3 is 2.48 bits per heavy atom. The molecule has 0 spiro atoms. The quantitative estimate of drug-likeness (QED) is 0.634. The van der Waals surface area contributed by atoms with Crippen molar-refractivity contribution in [2.75, 3.05) is 6.54 Å². The van der Waals surface area contributed by atoms with Crippen molar-refractivity contribution in [3.05, 3.63) is 71.4 Å². The van der Waals surface area contributed by atoms with E-state index in [1.165, 1.54) is 22.9 Å². The number of para-hydroxylation sites is 1. The average Bonchev–Trinajstić information content (AvgIpc) is 3.24. The summed E-state index contributed by atoms with van der Waals surface area (Å²) in [6, 6.07) is 18.5. The van der Waals surface area contributed by atoms with Crippen LogP contribution in [0.3, 0.4) is 0 Å². The van der Waals surface area contributed by atoms with Gasteiger partial charge in [0.25, 0.3) is 0 Å². The lowest BCUT2D eigenvalue weighted by molar-refractivity contribution is -0.162. The van der Waals surface area contributed by atoms with Crippen molar-refractivity contribution in [1.29, 1.82) is 0 Å². The maximum atomic E-state index is 13.8. The fraction of sp³-hybridized carbons (Fsp3) is 0.429. The molecule has 1 saturated carbocycles. The lowest BCUT2D eigenvalue weighted by atomic mass is 9.85. The van der Waals surface area contributed by atoms with Gasteiger partial charge in [-0.15, -0.1) is 0 Å². The molecule has 3 heterocycles. The number of nitrogens with zero attached hydrogens (tertiary/aromatic N) is 2. The van der Waals surface area contributed by atoms with Crippen LogP contribution in [0.2, 0.25) is 0 Å². The number of piperazine rings is 1. The molecule has 2 unspecified atom stereocenters. The van der Waals surface area contributed by atoms with E-state index >= 15 is 0 Å². The highest BCUT2D eigenvalue weighted by atomic mass is 16.2. The van der Waals surface area contributed by atoms with Gasteiger partial charge in [-0.05, 0) is 42.9 Å². The monoisotopic (exact) mass is 441 g/mol. The van der Waals surface area contributed by atoms with Crippen LogP contribution in [-0.4, -0.2) is 45.2 Å². The highest BCUT2D eigenvalue weighted by molar-refractivity contribution is 5.97. The Labute approximate surface area is 194 Å². The summed E-state index contributed by atoms with van der Waals surface area (Å²) in [5.41, 5.74) is 4.69. The number of aromatic nitrogens is 1. The molecule has 1 N–H and O–H groups in total. The summed E-state index contributed by atoms with van der Waals surface area (Å²) in [4.78, 5) is 34.9. The van der Waals surface area contributed by atoms with Gasteiger partial charge in [-0.3, -0.25) is 9.59 Å². The molecule has 3 aromatic rings. The molecule has 33 heavy (non-hydrogen) atoms. The fourth-order valence-electron chi connectivity index (χ4n) is 6.36. The molecular weight excluding hydrogens is 410 g/mol. The van der Waals surface area contributed by atoms with Crippen LogP contribution in [0.5, 0.6) is 0 Å². The van der Waals surface area contributed by atoms with E-state index in [1.54, 1.807) is 0 Å². The number of hydrogen-bond acceptors (Lipinski definition) is 2. The maximum absolute atomic E-state index is 13.8. The van der Waals surface area contributed by atoms with Crippen LogP contribution in [-0.2, 0) is 22.4 Å². The molecule has 6 rings (SSSR count). The first kappa shape index (κ1) is 20.5. The van der Waals surface area contributed by atoms with Gasteiger partial charge in [0.05, 0.1) is 6.04 Å². The second-order valence-electron chi connectivity index (χ2n) is 9.88. The SMILES string of the molecule is O=C1C2Cc3c([nH]c4ccccc34)C(CCc3ccccc3)N2C(=O)CN1C1CCCCC1. The van der Waals surface area contributed by atoms with E-state index in [0.717, 1.165) is 49.7 Å². The van der Waals surface area contributed by atoms with Gasteiger partial charge >= 0.3 is 0 Å². The summed E-state index contributed by atoms with van der Waals surface area (Å²) in [5.74, 6) is 0.259. The predicted molar refractivity (Wildman–Crippen MR) is 129 cm³/mol. The third-order valence-electron chi connectivity index (χ3n) is 7.98. The average molecular weight is 442 g/mol. The second-order valence-corrected chi connectivity index (χ2v) is 9.88. The van der Waals surface area contributed by atoms with Crippen molar-refractivity contribution in [1.82, 2.24) is 14.8 Å². The molecule has 5 nitrogen and oxygen atoms in total. The minimum atomic E-state index is -0.388. The van der Waals surface area contributed by atoms with Gasteiger partial charge in [0.15, 0.2) is 0 Å². The van der Waals surface area contributed by atoms with Gasteiger partial charge in [0, 0.05) is 29.1 Å². The van der Waals surface area contributed by atoms with Crippen LogP contribution in [0, 0.1) is 0 Å². The smallest absolute Gasteiger partial charge is 0.246 e. The summed E-state index contributed by atoms with van der Waals surface area (Å²) >= 11 is 0. The second kappa shape index (κ2) is 8.36. The molecule has 170 valence electrons. The van der Waals surface area contributed by atoms with Gasteiger partial charge in [-0.1, -0.05) is 67.8 Å². The number of aryl methyl sites for hydroxylation is 1. The predicted octanol–water partition coefficient (Wildman–Crippen LogP) is 4.77. The number of carbonyl (C=O) groups excluding carboxylic acids is 2. The Balaban J connectivity index is 1.38. The number of nitrogens with one attached hydrogen (secondary N) is 1. The zero-order valence-electron chi connectivity index (χ0n) is 19.0. The maximum Gasteiger partial charge on any atom is 0.246 e. The van der Waals surface area contributed by atoms with Crippen molar-refractivity contribution < 1.29 is 9.59 Å².